The van der Waals surface area contributed by atoms with Crippen molar-refractivity contribution in [1.29, 1.82) is 0 Å². The number of rotatable bonds is 7. The average molecular weight is 450 g/mol. The van der Waals surface area contributed by atoms with E-state index < -0.39 is 0 Å². The van der Waals surface area contributed by atoms with Crippen molar-refractivity contribution in [1.82, 2.24) is 39.9 Å². The Morgan fingerprint density at radius 2 is 2.06 bits per heavy atom. The van der Waals surface area contributed by atoms with E-state index in [9.17, 15) is 0 Å². The zero-order valence-corrected chi connectivity index (χ0v) is 18.8. The van der Waals surface area contributed by atoms with E-state index in [2.05, 4.69) is 47.2 Å². The largest absolute Gasteiger partial charge is 0.354 e. The van der Waals surface area contributed by atoms with Crippen molar-refractivity contribution in [3.63, 3.8) is 0 Å². The molecule has 4 aromatic heterocycles. The van der Waals surface area contributed by atoms with Crippen LogP contribution in [-0.4, -0.2) is 60.3 Å². The van der Waals surface area contributed by atoms with Gasteiger partial charge in [-0.1, -0.05) is 11.6 Å². The normalized spacial score (nSPS) is 19.5. The molecule has 32 heavy (non-hydrogen) atoms. The molecule has 1 unspecified atom stereocenters. The molecule has 1 aliphatic carbocycles. The minimum atomic E-state index is 0.545. The van der Waals surface area contributed by atoms with Gasteiger partial charge in [0.05, 0.1) is 30.3 Å². The molecule has 4 aromatic rings. The smallest absolute Gasteiger partial charge is 0.151 e. The SMILES string of the molecule is c1cc(N2CCCC(NCC3CCC3)C2)nnc1Cn1cc(-c2csc3cncn23)nn1. The zero-order valence-electron chi connectivity index (χ0n) is 18.0. The molecule has 0 radical (unpaired) electrons. The molecule has 1 saturated carbocycles. The summed E-state index contributed by atoms with van der Waals surface area (Å²) < 4.78 is 3.83. The molecule has 0 aromatic carbocycles. The first-order valence-electron chi connectivity index (χ1n) is 11.4. The van der Waals surface area contributed by atoms with Gasteiger partial charge in [0.25, 0.3) is 0 Å². The monoisotopic (exact) mass is 449 g/mol. The molecule has 10 heteroatoms. The summed E-state index contributed by atoms with van der Waals surface area (Å²) >= 11 is 1.64. The highest BCUT2D eigenvalue weighted by atomic mass is 32.1. The molecule has 1 atom stereocenters. The van der Waals surface area contributed by atoms with Gasteiger partial charge in [0.2, 0.25) is 0 Å². The number of fused-ring (bicyclic) bond motifs is 1. The highest BCUT2D eigenvalue weighted by molar-refractivity contribution is 7.15. The summed E-state index contributed by atoms with van der Waals surface area (Å²) in [5.74, 6) is 1.86. The van der Waals surface area contributed by atoms with E-state index in [1.165, 1.54) is 38.6 Å². The number of hydrogen-bond donors (Lipinski definition) is 1. The van der Waals surface area contributed by atoms with Crippen LogP contribution in [0.4, 0.5) is 5.82 Å². The number of piperidine rings is 1. The van der Waals surface area contributed by atoms with Gasteiger partial charge in [0.15, 0.2) is 5.82 Å². The van der Waals surface area contributed by atoms with Crippen molar-refractivity contribution in [2.75, 3.05) is 24.5 Å². The maximum atomic E-state index is 4.52. The lowest BCUT2D eigenvalue weighted by Crippen LogP contribution is -2.47. The van der Waals surface area contributed by atoms with Crippen LogP contribution in [0.15, 0.2) is 36.2 Å². The van der Waals surface area contributed by atoms with Crippen molar-refractivity contribution in [3.8, 4) is 11.4 Å². The van der Waals surface area contributed by atoms with Crippen LogP contribution >= 0.6 is 11.3 Å². The number of anilines is 1. The average Bonchev–Trinajstić information content (AvgIpc) is 3.51. The van der Waals surface area contributed by atoms with Gasteiger partial charge in [-0.15, -0.1) is 21.5 Å². The third kappa shape index (κ3) is 4.00. The molecule has 2 fully saturated rings. The Morgan fingerprint density at radius 3 is 2.91 bits per heavy atom. The third-order valence-electron chi connectivity index (χ3n) is 6.65. The number of thiazole rings is 1. The Morgan fingerprint density at radius 1 is 1.09 bits per heavy atom. The van der Waals surface area contributed by atoms with Gasteiger partial charge in [0, 0.05) is 24.5 Å². The summed E-state index contributed by atoms with van der Waals surface area (Å²) in [7, 11) is 0. The fourth-order valence-corrected chi connectivity index (χ4v) is 5.40. The summed E-state index contributed by atoms with van der Waals surface area (Å²) in [4.78, 5) is 7.64. The molecule has 0 spiro atoms. The number of nitrogens with one attached hydrogen (secondary N) is 1. The first-order chi connectivity index (χ1) is 15.8. The molecule has 5 heterocycles. The molecule has 0 amide bonds. The third-order valence-corrected chi connectivity index (χ3v) is 7.54. The lowest BCUT2D eigenvalue weighted by molar-refractivity contribution is 0.280. The zero-order chi connectivity index (χ0) is 21.3. The highest BCUT2D eigenvalue weighted by Crippen LogP contribution is 2.26. The molecule has 1 N–H and O–H groups in total. The van der Waals surface area contributed by atoms with E-state index in [0.29, 0.717) is 12.6 Å². The van der Waals surface area contributed by atoms with Crippen LogP contribution in [0, 0.1) is 5.92 Å². The molecule has 6 rings (SSSR count). The molecular formula is C22H27N9S. The Bertz CT molecular complexity index is 1170. The van der Waals surface area contributed by atoms with E-state index in [0.717, 1.165) is 46.7 Å². The van der Waals surface area contributed by atoms with Gasteiger partial charge >= 0.3 is 0 Å². The molecule has 166 valence electrons. The first kappa shape index (κ1) is 19.8. The number of imidazole rings is 1. The number of hydrogen-bond acceptors (Lipinski definition) is 8. The molecule has 1 aliphatic heterocycles. The molecule has 1 saturated heterocycles. The maximum Gasteiger partial charge on any atom is 0.151 e. The summed E-state index contributed by atoms with van der Waals surface area (Å²) in [6, 6.07) is 4.69. The van der Waals surface area contributed by atoms with Crippen LogP contribution in [0.25, 0.3) is 16.2 Å². The molecule has 0 bridgehead atoms. The Labute approximate surface area is 190 Å². The van der Waals surface area contributed by atoms with Crippen molar-refractivity contribution >= 4 is 22.0 Å². The van der Waals surface area contributed by atoms with Gasteiger partial charge in [-0.3, -0.25) is 4.40 Å². The predicted octanol–water partition coefficient (Wildman–Crippen LogP) is 2.85. The summed E-state index contributed by atoms with van der Waals surface area (Å²) in [5, 5.41) is 23.5. The van der Waals surface area contributed by atoms with Gasteiger partial charge in [-0.25, -0.2) is 9.67 Å². The topological polar surface area (TPSA) is 89.1 Å². The van der Waals surface area contributed by atoms with E-state index in [-0.39, 0.29) is 0 Å². The lowest BCUT2D eigenvalue weighted by Gasteiger charge is -2.35. The van der Waals surface area contributed by atoms with Crippen molar-refractivity contribution in [2.24, 2.45) is 5.92 Å². The quantitative estimate of drug-likeness (QED) is 0.464. The molecule has 9 nitrogen and oxygen atoms in total. The van der Waals surface area contributed by atoms with Crippen LogP contribution < -0.4 is 10.2 Å². The van der Waals surface area contributed by atoms with Crippen LogP contribution in [0.5, 0.6) is 0 Å². The minimum Gasteiger partial charge on any atom is -0.354 e. The van der Waals surface area contributed by atoms with Gasteiger partial charge in [-0.2, -0.15) is 5.10 Å². The van der Waals surface area contributed by atoms with Gasteiger partial charge < -0.3 is 10.2 Å². The summed E-state index contributed by atoms with van der Waals surface area (Å²) in [5.41, 5.74) is 2.70. The van der Waals surface area contributed by atoms with E-state index in [1.807, 2.05) is 22.9 Å². The second-order valence-electron chi connectivity index (χ2n) is 8.90. The minimum absolute atomic E-state index is 0.545. The van der Waals surface area contributed by atoms with E-state index >= 15 is 0 Å². The standard InChI is InChI=1S/C22H27N9S/c1-3-16(4-1)9-24-17-5-2-8-29(11-17)21-7-6-18(25-27-21)12-30-13-19(26-28-30)20-14-32-22-10-23-15-31(20)22/h6-7,10,13-17,24H,1-5,8-9,11-12H2. The fraction of sp³-hybridized carbons (Fsp3) is 0.500. The lowest BCUT2D eigenvalue weighted by atomic mass is 9.85. The van der Waals surface area contributed by atoms with Crippen molar-refractivity contribution < 1.29 is 0 Å². The Balaban J connectivity index is 1.08. The Kier molecular flexibility index (Phi) is 5.32. The maximum absolute atomic E-state index is 4.52. The molecular weight excluding hydrogens is 422 g/mol. The van der Waals surface area contributed by atoms with E-state index in [1.54, 1.807) is 22.3 Å². The van der Waals surface area contributed by atoms with Gasteiger partial charge in [0.1, 0.15) is 16.9 Å². The fourth-order valence-electron chi connectivity index (χ4n) is 4.55. The van der Waals surface area contributed by atoms with Crippen LogP contribution in [-0.2, 0) is 6.54 Å². The second-order valence-corrected chi connectivity index (χ2v) is 9.79. The van der Waals surface area contributed by atoms with Gasteiger partial charge in [-0.05, 0) is 50.3 Å². The first-order valence-corrected chi connectivity index (χ1v) is 12.3. The summed E-state index contributed by atoms with van der Waals surface area (Å²) in [6.45, 7) is 3.77. The van der Waals surface area contributed by atoms with Crippen LogP contribution in [0.1, 0.15) is 37.8 Å². The van der Waals surface area contributed by atoms with Crippen molar-refractivity contribution in [2.45, 2.75) is 44.7 Å². The van der Waals surface area contributed by atoms with E-state index in [4.69, 9.17) is 0 Å². The van der Waals surface area contributed by atoms with Crippen molar-refractivity contribution in [3.05, 3.63) is 41.9 Å². The second kappa shape index (κ2) is 8.59. The van der Waals surface area contributed by atoms with Crippen LogP contribution in [0.3, 0.4) is 0 Å². The highest BCUT2D eigenvalue weighted by Gasteiger charge is 2.23. The number of aromatic nitrogens is 7. The molecule has 2 aliphatic rings. The summed E-state index contributed by atoms with van der Waals surface area (Å²) in [6.07, 6.45) is 12.2. The number of nitrogens with zero attached hydrogens (tertiary/aromatic N) is 8. The van der Waals surface area contributed by atoms with Crippen LogP contribution in [0.2, 0.25) is 0 Å². The predicted molar refractivity (Wildman–Crippen MR) is 124 cm³/mol. The Hall–Kier alpha value is -2.85.